The Labute approximate surface area is 79.5 Å². The van der Waals surface area contributed by atoms with Gasteiger partial charge in [-0.15, -0.1) is 0 Å². The monoisotopic (exact) mass is 194 g/mol. The standard InChI is InChI=1S/C8H10N4O2/c1-3-6-5(4-12(2)10-6)7-9-8(13)14-11-7/h4H,3H2,1-2H3,(H,9,11,13). The fourth-order valence-electron chi connectivity index (χ4n) is 1.34. The van der Waals surface area contributed by atoms with E-state index in [1.54, 1.807) is 10.9 Å². The van der Waals surface area contributed by atoms with E-state index in [0.717, 1.165) is 17.7 Å². The topological polar surface area (TPSA) is 76.7 Å². The van der Waals surface area contributed by atoms with E-state index < -0.39 is 5.76 Å². The summed E-state index contributed by atoms with van der Waals surface area (Å²) in [6, 6.07) is 0. The first-order valence-corrected chi connectivity index (χ1v) is 4.29. The van der Waals surface area contributed by atoms with Gasteiger partial charge >= 0.3 is 5.76 Å². The maximum absolute atomic E-state index is 10.8. The third-order valence-corrected chi connectivity index (χ3v) is 1.94. The molecule has 0 aliphatic carbocycles. The molecule has 0 atom stereocenters. The van der Waals surface area contributed by atoms with Crippen LogP contribution in [0, 0.1) is 0 Å². The molecule has 0 saturated carbocycles. The van der Waals surface area contributed by atoms with Gasteiger partial charge in [-0.1, -0.05) is 12.1 Å². The number of H-pyrrole nitrogens is 1. The Hall–Kier alpha value is -1.85. The van der Waals surface area contributed by atoms with Gasteiger partial charge in [-0.25, -0.2) is 4.79 Å². The number of nitrogens with zero attached hydrogens (tertiary/aromatic N) is 3. The minimum absolute atomic E-state index is 0.431. The first-order valence-electron chi connectivity index (χ1n) is 4.29. The molecule has 0 unspecified atom stereocenters. The van der Waals surface area contributed by atoms with Gasteiger partial charge < -0.3 is 0 Å². The average Bonchev–Trinajstić information content (AvgIpc) is 2.71. The summed E-state index contributed by atoms with van der Waals surface area (Å²) in [7, 11) is 1.82. The number of rotatable bonds is 2. The highest BCUT2D eigenvalue weighted by atomic mass is 16.5. The van der Waals surface area contributed by atoms with Crippen molar-refractivity contribution in [2.45, 2.75) is 13.3 Å². The van der Waals surface area contributed by atoms with Gasteiger partial charge in [0.25, 0.3) is 0 Å². The normalized spacial score (nSPS) is 10.7. The van der Waals surface area contributed by atoms with Crippen molar-refractivity contribution < 1.29 is 4.52 Å². The molecule has 2 heterocycles. The second kappa shape index (κ2) is 3.13. The van der Waals surface area contributed by atoms with E-state index in [-0.39, 0.29) is 0 Å². The Morgan fingerprint density at radius 1 is 1.64 bits per heavy atom. The van der Waals surface area contributed by atoms with Crippen LogP contribution >= 0.6 is 0 Å². The molecule has 14 heavy (non-hydrogen) atoms. The summed E-state index contributed by atoms with van der Waals surface area (Å²) in [4.78, 5) is 13.3. The molecule has 0 bridgehead atoms. The number of aromatic amines is 1. The van der Waals surface area contributed by atoms with Gasteiger partial charge in [-0.3, -0.25) is 14.2 Å². The molecule has 0 saturated heterocycles. The van der Waals surface area contributed by atoms with Crippen LogP contribution < -0.4 is 5.76 Å². The van der Waals surface area contributed by atoms with Crippen molar-refractivity contribution in [2.75, 3.05) is 0 Å². The third-order valence-electron chi connectivity index (χ3n) is 1.94. The molecule has 1 N–H and O–H groups in total. The van der Waals surface area contributed by atoms with Crippen LogP contribution in [0.15, 0.2) is 15.5 Å². The predicted octanol–water partition coefficient (Wildman–Crippen LogP) is 0.326. The van der Waals surface area contributed by atoms with Crippen molar-refractivity contribution in [3.8, 4) is 11.4 Å². The van der Waals surface area contributed by atoms with Crippen LogP contribution in [-0.4, -0.2) is 19.9 Å². The zero-order chi connectivity index (χ0) is 10.1. The second-order valence-electron chi connectivity index (χ2n) is 2.96. The van der Waals surface area contributed by atoms with Crippen molar-refractivity contribution in [3.63, 3.8) is 0 Å². The molecule has 2 rings (SSSR count). The van der Waals surface area contributed by atoms with Crippen LogP contribution in [0.25, 0.3) is 11.4 Å². The van der Waals surface area contributed by atoms with Crippen LogP contribution in [0.3, 0.4) is 0 Å². The highest BCUT2D eigenvalue weighted by molar-refractivity contribution is 5.56. The lowest BCUT2D eigenvalue weighted by Crippen LogP contribution is -1.95. The van der Waals surface area contributed by atoms with E-state index in [1.165, 1.54) is 0 Å². The van der Waals surface area contributed by atoms with Gasteiger partial charge in [0.2, 0.25) is 0 Å². The minimum atomic E-state index is -0.550. The molecule has 74 valence electrons. The van der Waals surface area contributed by atoms with Gasteiger partial charge in [0.05, 0.1) is 11.3 Å². The summed E-state index contributed by atoms with van der Waals surface area (Å²) < 4.78 is 6.11. The zero-order valence-corrected chi connectivity index (χ0v) is 7.94. The van der Waals surface area contributed by atoms with Crippen LogP contribution in [0.5, 0.6) is 0 Å². The smallest absolute Gasteiger partial charge is 0.296 e. The number of nitrogens with one attached hydrogen (secondary N) is 1. The minimum Gasteiger partial charge on any atom is -0.296 e. The summed E-state index contributed by atoms with van der Waals surface area (Å²) in [6.07, 6.45) is 2.58. The number of hydrogen-bond acceptors (Lipinski definition) is 4. The zero-order valence-electron chi connectivity index (χ0n) is 7.94. The Morgan fingerprint density at radius 3 is 3.00 bits per heavy atom. The Kier molecular flexibility index (Phi) is 1.95. The number of hydrogen-bond donors (Lipinski definition) is 1. The summed E-state index contributed by atoms with van der Waals surface area (Å²) in [5.74, 6) is -0.120. The molecule has 0 aliphatic heterocycles. The Morgan fingerprint density at radius 2 is 2.43 bits per heavy atom. The van der Waals surface area contributed by atoms with Crippen molar-refractivity contribution in [3.05, 3.63) is 22.4 Å². The molecule has 6 nitrogen and oxygen atoms in total. The van der Waals surface area contributed by atoms with Gasteiger partial charge in [0, 0.05) is 13.2 Å². The molecule has 6 heteroatoms. The molecule has 2 aromatic rings. The fourth-order valence-corrected chi connectivity index (χ4v) is 1.34. The average molecular weight is 194 g/mol. The Balaban J connectivity index is 2.55. The number of aromatic nitrogens is 4. The quantitative estimate of drug-likeness (QED) is 0.747. The van der Waals surface area contributed by atoms with Crippen molar-refractivity contribution in [2.24, 2.45) is 7.05 Å². The molecule has 0 spiro atoms. The lowest BCUT2D eigenvalue weighted by molar-refractivity contribution is 0.388. The molecule has 0 fully saturated rings. The van der Waals surface area contributed by atoms with Gasteiger partial charge in [-0.05, 0) is 6.42 Å². The largest absolute Gasteiger partial charge is 0.439 e. The first-order chi connectivity index (χ1) is 6.70. The lowest BCUT2D eigenvalue weighted by atomic mass is 10.2. The van der Waals surface area contributed by atoms with Crippen LogP contribution in [-0.2, 0) is 13.5 Å². The maximum atomic E-state index is 10.8. The van der Waals surface area contributed by atoms with Crippen LogP contribution in [0.4, 0.5) is 0 Å². The highest BCUT2D eigenvalue weighted by Crippen LogP contribution is 2.17. The number of aryl methyl sites for hydroxylation is 2. The van der Waals surface area contributed by atoms with Crippen LogP contribution in [0.2, 0.25) is 0 Å². The summed E-state index contributed by atoms with van der Waals surface area (Å²) in [5.41, 5.74) is 1.69. The Bertz CT molecular complexity index is 493. The third kappa shape index (κ3) is 1.34. The molecule has 0 radical (unpaired) electrons. The van der Waals surface area contributed by atoms with Crippen molar-refractivity contribution >= 4 is 0 Å². The van der Waals surface area contributed by atoms with Crippen molar-refractivity contribution in [1.29, 1.82) is 0 Å². The summed E-state index contributed by atoms with van der Waals surface area (Å²) >= 11 is 0. The van der Waals surface area contributed by atoms with E-state index in [0.29, 0.717) is 5.82 Å². The van der Waals surface area contributed by atoms with E-state index in [2.05, 4.69) is 19.8 Å². The SMILES string of the molecule is CCc1nn(C)cc1-c1noc(=O)[nH]1. The van der Waals surface area contributed by atoms with E-state index in [4.69, 9.17) is 0 Å². The first kappa shape index (κ1) is 8.74. The van der Waals surface area contributed by atoms with E-state index in [1.807, 2.05) is 14.0 Å². The van der Waals surface area contributed by atoms with E-state index >= 15 is 0 Å². The molecule has 2 aromatic heterocycles. The second-order valence-corrected chi connectivity index (χ2v) is 2.96. The van der Waals surface area contributed by atoms with E-state index in [9.17, 15) is 4.79 Å². The summed E-state index contributed by atoms with van der Waals surface area (Å²) in [6.45, 7) is 1.99. The van der Waals surface area contributed by atoms with Crippen LogP contribution in [0.1, 0.15) is 12.6 Å². The van der Waals surface area contributed by atoms with Crippen molar-refractivity contribution in [1.82, 2.24) is 19.9 Å². The predicted molar refractivity (Wildman–Crippen MR) is 48.7 cm³/mol. The fraction of sp³-hybridized carbons (Fsp3) is 0.375. The molecule has 0 amide bonds. The van der Waals surface area contributed by atoms with Gasteiger partial charge in [0.15, 0.2) is 5.82 Å². The summed E-state index contributed by atoms with van der Waals surface area (Å²) in [5, 5.41) is 7.84. The van der Waals surface area contributed by atoms with Gasteiger partial charge in [-0.2, -0.15) is 5.10 Å². The molecule has 0 aliphatic rings. The maximum Gasteiger partial charge on any atom is 0.439 e. The molecular weight excluding hydrogens is 184 g/mol. The molecular formula is C8H10N4O2. The molecule has 0 aromatic carbocycles. The van der Waals surface area contributed by atoms with Gasteiger partial charge in [0.1, 0.15) is 0 Å². The lowest BCUT2D eigenvalue weighted by Gasteiger charge is -1.90. The highest BCUT2D eigenvalue weighted by Gasteiger charge is 2.12.